The highest BCUT2D eigenvalue weighted by Gasteiger charge is 2.20. The Hall–Kier alpha value is -1.60. The second-order valence-electron chi connectivity index (χ2n) is 6.36. The molecule has 3 rings (SSSR count). The van der Waals surface area contributed by atoms with Crippen molar-refractivity contribution < 1.29 is 5.11 Å². The number of aliphatic hydroxyl groups is 1. The highest BCUT2D eigenvalue weighted by atomic mass is 16.3. The number of benzene rings is 2. The molecule has 2 aromatic carbocycles. The van der Waals surface area contributed by atoms with Crippen LogP contribution in [0.3, 0.4) is 0 Å². The highest BCUT2D eigenvalue weighted by molar-refractivity contribution is 5.28. The van der Waals surface area contributed by atoms with Gasteiger partial charge in [-0.3, -0.25) is 0 Å². The molecule has 1 aliphatic rings. The Morgan fingerprint density at radius 2 is 1.62 bits per heavy atom. The van der Waals surface area contributed by atoms with Gasteiger partial charge < -0.3 is 5.11 Å². The second kappa shape index (κ2) is 6.44. The molecule has 2 aromatic rings. The molecule has 1 saturated carbocycles. The number of rotatable bonds is 5. The third-order valence-corrected chi connectivity index (χ3v) is 4.84. The largest absolute Gasteiger partial charge is 0.388 e. The van der Waals surface area contributed by atoms with Gasteiger partial charge in [-0.25, -0.2) is 0 Å². The molecule has 1 N–H and O–H groups in total. The Morgan fingerprint density at radius 1 is 0.952 bits per heavy atom. The molecular weight excluding hydrogens is 256 g/mol. The van der Waals surface area contributed by atoms with Crippen molar-refractivity contribution in [1.29, 1.82) is 0 Å². The predicted octanol–water partition coefficient (Wildman–Crippen LogP) is 5.18. The SMILES string of the molecule is CC(CC(O)c1ccc(C2CCC2)cc1)c1ccccc1. The van der Waals surface area contributed by atoms with E-state index in [9.17, 15) is 5.11 Å². The lowest BCUT2D eigenvalue weighted by molar-refractivity contribution is 0.159. The van der Waals surface area contributed by atoms with Gasteiger partial charge in [-0.2, -0.15) is 0 Å². The summed E-state index contributed by atoms with van der Waals surface area (Å²) in [6.45, 7) is 2.18. The van der Waals surface area contributed by atoms with Crippen molar-refractivity contribution in [3.63, 3.8) is 0 Å². The van der Waals surface area contributed by atoms with E-state index in [1.165, 1.54) is 30.4 Å². The van der Waals surface area contributed by atoms with Crippen LogP contribution in [0.2, 0.25) is 0 Å². The minimum absolute atomic E-state index is 0.368. The minimum atomic E-state index is -0.379. The van der Waals surface area contributed by atoms with E-state index in [-0.39, 0.29) is 6.10 Å². The summed E-state index contributed by atoms with van der Waals surface area (Å²) in [5.41, 5.74) is 3.77. The van der Waals surface area contributed by atoms with Gasteiger partial charge in [0.25, 0.3) is 0 Å². The molecule has 21 heavy (non-hydrogen) atoms. The maximum absolute atomic E-state index is 10.5. The average molecular weight is 280 g/mol. The second-order valence-corrected chi connectivity index (χ2v) is 6.36. The maximum atomic E-state index is 10.5. The molecule has 0 spiro atoms. The predicted molar refractivity (Wildman–Crippen MR) is 87.5 cm³/mol. The van der Waals surface area contributed by atoms with Gasteiger partial charge in [0.2, 0.25) is 0 Å². The summed E-state index contributed by atoms with van der Waals surface area (Å²) in [5.74, 6) is 1.13. The first-order chi connectivity index (χ1) is 10.2. The Labute approximate surface area is 127 Å². The first-order valence-electron chi connectivity index (χ1n) is 8.07. The number of aliphatic hydroxyl groups excluding tert-OH is 1. The number of hydrogen-bond donors (Lipinski definition) is 1. The quantitative estimate of drug-likeness (QED) is 0.800. The van der Waals surface area contributed by atoms with E-state index in [0.717, 1.165) is 17.9 Å². The zero-order valence-corrected chi connectivity index (χ0v) is 12.7. The smallest absolute Gasteiger partial charge is 0.0795 e. The monoisotopic (exact) mass is 280 g/mol. The van der Waals surface area contributed by atoms with Crippen LogP contribution in [0.1, 0.15) is 67.2 Å². The Balaban J connectivity index is 1.63. The summed E-state index contributed by atoms with van der Waals surface area (Å²) in [5, 5.41) is 10.5. The van der Waals surface area contributed by atoms with E-state index in [0.29, 0.717) is 5.92 Å². The average Bonchev–Trinajstić information content (AvgIpc) is 2.47. The molecule has 1 aliphatic carbocycles. The Morgan fingerprint density at radius 3 is 2.19 bits per heavy atom. The maximum Gasteiger partial charge on any atom is 0.0795 e. The van der Waals surface area contributed by atoms with Gasteiger partial charge in [0, 0.05) is 0 Å². The van der Waals surface area contributed by atoms with Crippen LogP contribution in [-0.2, 0) is 0 Å². The van der Waals surface area contributed by atoms with Crippen LogP contribution in [0, 0.1) is 0 Å². The topological polar surface area (TPSA) is 20.2 Å². The van der Waals surface area contributed by atoms with E-state index >= 15 is 0 Å². The Kier molecular flexibility index (Phi) is 4.40. The standard InChI is InChI=1S/C20H24O/c1-15(16-6-3-2-4-7-16)14-20(21)19-12-10-18(11-13-19)17-8-5-9-17/h2-4,6-7,10-13,15,17,20-21H,5,8-9,14H2,1H3. The molecule has 2 atom stereocenters. The van der Waals surface area contributed by atoms with Gasteiger partial charge in [0.15, 0.2) is 0 Å². The van der Waals surface area contributed by atoms with Crippen molar-refractivity contribution >= 4 is 0 Å². The van der Waals surface area contributed by atoms with Crippen LogP contribution in [0.4, 0.5) is 0 Å². The molecule has 1 heteroatoms. The van der Waals surface area contributed by atoms with Gasteiger partial charge in [-0.05, 0) is 47.8 Å². The highest BCUT2D eigenvalue weighted by Crippen LogP contribution is 2.37. The van der Waals surface area contributed by atoms with Gasteiger partial charge in [-0.15, -0.1) is 0 Å². The molecule has 1 nitrogen and oxygen atoms in total. The van der Waals surface area contributed by atoms with Crippen molar-refractivity contribution in [3.8, 4) is 0 Å². The normalized spacial score (nSPS) is 18.0. The van der Waals surface area contributed by atoms with Crippen molar-refractivity contribution in [2.45, 2.75) is 50.5 Å². The lowest BCUT2D eigenvalue weighted by Gasteiger charge is -2.26. The van der Waals surface area contributed by atoms with Crippen molar-refractivity contribution in [3.05, 3.63) is 71.3 Å². The van der Waals surface area contributed by atoms with Gasteiger partial charge in [-0.1, -0.05) is 67.9 Å². The lowest BCUT2D eigenvalue weighted by Crippen LogP contribution is -2.09. The molecule has 0 aromatic heterocycles. The van der Waals surface area contributed by atoms with Crippen LogP contribution in [0.25, 0.3) is 0 Å². The third-order valence-electron chi connectivity index (χ3n) is 4.84. The van der Waals surface area contributed by atoms with Crippen LogP contribution < -0.4 is 0 Å². The molecule has 110 valence electrons. The molecule has 0 bridgehead atoms. The first-order valence-corrected chi connectivity index (χ1v) is 8.07. The Bertz CT molecular complexity index is 554. The molecule has 0 amide bonds. The third kappa shape index (κ3) is 3.36. The summed E-state index contributed by atoms with van der Waals surface area (Å²) in [6, 6.07) is 19.1. The van der Waals surface area contributed by atoms with E-state index in [1.807, 2.05) is 6.07 Å². The fraction of sp³-hybridized carbons (Fsp3) is 0.400. The van der Waals surface area contributed by atoms with E-state index < -0.39 is 0 Å². The molecular formula is C20H24O. The molecule has 1 fully saturated rings. The van der Waals surface area contributed by atoms with Crippen molar-refractivity contribution in [1.82, 2.24) is 0 Å². The first kappa shape index (κ1) is 14.3. The molecule has 0 saturated heterocycles. The van der Waals surface area contributed by atoms with Gasteiger partial charge in [0.05, 0.1) is 6.10 Å². The van der Waals surface area contributed by atoms with Gasteiger partial charge in [0.1, 0.15) is 0 Å². The zero-order chi connectivity index (χ0) is 14.7. The van der Waals surface area contributed by atoms with E-state index in [4.69, 9.17) is 0 Å². The summed E-state index contributed by atoms with van der Waals surface area (Å²) < 4.78 is 0. The fourth-order valence-corrected chi connectivity index (χ4v) is 3.12. The van der Waals surface area contributed by atoms with Crippen LogP contribution >= 0.6 is 0 Å². The fourth-order valence-electron chi connectivity index (χ4n) is 3.12. The van der Waals surface area contributed by atoms with Crippen molar-refractivity contribution in [2.24, 2.45) is 0 Å². The van der Waals surface area contributed by atoms with Crippen LogP contribution in [0.15, 0.2) is 54.6 Å². The summed E-state index contributed by atoms with van der Waals surface area (Å²) >= 11 is 0. The van der Waals surface area contributed by atoms with Crippen LogP contribution in [-0.4, -0.2) is 5.11 Å². The molecule has 0 aliphatic heterocycles. The zero-order valence-electron chi connectivity index (χ0n) is 12.7. The summed E-state index contributed by atoms with van der Waals surface area (Å²) in [6.07, 6.45) is 4.41. The van der Waals surface area contributed by atoms with E-state index in [2.05, 4.69) is 55.5 Å². The molecule has 2 unspecified atom stereocenters. The number of hydrogen-bond acceptors (Lipinski definition) is 1. The molecule has 0 radical (unpaired) electrons. The summed E-state index contributed by atoms with van der Waals surface area (Å²) in [4.78, 5) is 0. The molecule has 0 heterocycles. The van der Waals surface area contributed by atoms with Crippen molar-refractivity contribution in [2.75, 3.05) is 0 Å². The lowest BCUT2D eigenvalue weighted by atomic mass is 9.79. The van der Waals surface area contributed by atoms with E-state index in [1.54, 1.807) is 0 Å². The van der Waals surface area contributed by atoms with Gasteiger partial charge >= 0.3 is 0 Å². The summed E-state index contributed by atoms with van der Waals surface area (Å²) in [7, 11) is 0. The van der Waals surface area contributed by atoms with Crippen LogP contribution in [0.5, 0.6) is 0 Å². The minimum Gasteiger partial charge on any atom is -0.388 e.